The van der Waals surface area contributed by atoms with E-state index >= 15 is 0 Å². The molecule has 0 saturated carbocycles. The Morgan fingerprint density at radius 1 is 0.720 bits per heavy atom. The van der Waals surface area contributed by atoms with Gasteiger partial charge in [0.15, 0.2) is 0 Å². The Kier molecular flexibility index (Phi) is 9.80. The zero-order valence-corrected chi connectivity index (χ0v) is 17.6. The van der Waals surface area contributed by atoms with Crippen LogP contribution in [0, 0.1) is 23.7 Å². The van der Waals surface area contributed by atoms with Gasteiger partial charge in [-0.15, -0.1) is 0 Å². The molecule has 0 aromatic rings. The first-order chi connectivity index (χ1) is 12.2. The molecule has 3 saturated heterocycles. The van der Waals surface area contributed by atoms with Crippen LogP contribution < -0.4 is 5.32 Å². The fraction of sp³-hybridized carbons (Fsp3) is 1.00. The largest absolute Gasteiger partial charge is 0.317 e. The summed E-state index contributed by atoms with van der Waals surface area (Å²) in [4.78, 5) is 5.53. The highest BCUT2D eigenvalue weighted by Gasteiger charge is 2.26. The second-order valence-electron chi connectivity index (χ2n) is 8.82. The summed E-state index contributed by atoms with van der Waals surface area (Å²) >= 11 is 0. The Hall–Kier alpha value is -0.120. The van der Waals surface area contributed by atoms with E-state index in [0.717, 1.165) is 23.7 Å². The predicted molar refractivity (Wildman–Crippen MR) is 110 cm³/mol. The lowest BCUT2D eigenvalue weighted by atomic mass is 9.86. The number of nitrogens with zero attached hydrogens (tertiary/aromatic N) is 2. The highest BCUT2D eigenvalue weighted by molar-refractivity contribution is 4.81. The van der Waals surface area contributed by atoms with Gasteiger partial charge in [-0.1, -0.05) is 27.7 Å². The standard InChI is InChI=1S/C20H39N3.C2H6/c1-17(2)20-7-13-23(14-8-20)16-19-5-11-22(12-6-19)15-18-3-9-21-10-4-18;1-2/h17-21H,3-16H2,1-2H3;1-2H3. The summed E-state index contributed by atoms with van der Waals surface area (Å²) in [5.74, 6) is 3.80. The number of hydrogen-bond donors (Lipinski definition) is 1. The van der Waals surface area contributed by atoms with Gasteiger partial charge in [0.05, 0.1) is 0 Å². The Labute approximate surface area is 157 Å². The Bertz CT molecular complexity index is 322. The highest BCUT2D eigenvalue weighted by atomic mass is 15.2. The van der Waals surface area contributed by atoms with Crippen molar-refractivity contribution in [1.82, 2.24) is 15.1 Å². The average Bonchev–Trinajstić information content (AvgIpc) is 2.66. The quantitative estimate of drug-likeness (QED) is 0.805. The maximum Gasteiger partial charge on any atom is 0.00106 e. The van der Waals surface area contributed by atoms with E-state index in [0.29, 0.717) is 0 Å². The van der Waals surface area contributed by atoms with Crippen LogP contribution in [0.3, 0.4) is 0 Å². The Morgan fingerprint density at radius 3 is 1.64 bits per heavy atom. The van der Waals surface area contributed by atoms with E-state index in [-0.39, 0.29) is 0 Å². The first-order valence-electron chi connectivity index (χ1n) is 11.4. The van der Waals surface area contributed by atoms with E-state index in [1.54, 1.807) is 0 Å². The van der Waals surface area contributed by atoms with Crippen molar-refractivity contribution >= 4 is 0 Å². The first-order valence-corrected chi connectivity index (χ1v) is 11.4. The van der Waals surface area contributed by atoms with Gasteiger partial charge in [0.2, 0.25) is 0 Å². The van der Waals surface area contributed by atoms with Crippen LogP contribution in [0.25, 0.3) is 0 Å². The van der Waals surface area contributed by atoms with Crippen LogP contribution in [0.15, 0.2) is 0 Å². The van der Waals surface area contributed by atoms with Crippen LogP contribution in [0.2, 0.25) is 0 Å². The zero-order chi connectivity index (χ0) is 18.1. The molecule has 0 atom stereocenters. The van der Waals surface area contributed by atoms with Crippen molar-refractivity contribution in [2.75, 3.05) is 52.4 Å². The molecule has 0 aromatic heterocycles. The van der Waals surface area contributed by atoms with Crippen molar-refractivity contribution in [2.24, 2.45) is 23.7 Å². The topological polar surface area (TPSA) is 18.5 Å². The summed E-state index contributed by atoms with van der Waals surface area (Å²) in [5, 5.41) is 3.49. The third-order valence-corrected chi connectivity index (χ3v) is 6.77. The number of piperidine rings is 3. The fourth-order valence-corrected chi connectivity index (χ4v) is 4.95. The second-order valence-corrected chi connectivity index (χ2v) is 8.82. The van der Waals surface area contributed by atoms with Crippen molar-refractivity contribution in [3.63, 3.8) is 0 Å². The minimum atomic E-state index is 0.885. The lowest BCUT2D eigenvalue weighted by Gasteiger charge is -2.39. The normalized spacial score (nSPS) is 25.8. The van der Waals surface area contributed by atoms with Crippen LogP contribution in [-0.4, -0.2) is 62.2 Å². The van der Waals surface area contributed by atoms with Crippen molar-refractivity contribution in [3.8, 4) is 0 Å². The Balaban J connectivity index is 0.00000109. The van der Waals surface area contributed by atoms with Gasteiger partial charge in [0.25, 0.3) is 0 Å². The monoisotopic (exact) mass is 351 g/mol. The minimum Gasteiger partial charge on any atom is -0.317 e. The molecule has 3 aliphatic heterocycles. The molecule has 3 rings (SSSR count). The molecule has 3 heterocycles. The summed E-state index contributed by atoms with van der Waals surface area (Å²) < 4.78 is 0. The highest BCUT2D eigenvalue weighted by Crippen LogP contribution is 2.27. The Morgan fingerprint density at radius 2 is 1.16 bits per heavy atom. The molecule has 0 unspecified atom stereocenters. The van der Waals surface area contributed by atoms with Crippen molar-refractivity contribution < 1.29 is 0 Å². The maximum atomic E-state index is 3.49. The van der Waals surface area contributed by atoms with Crippen LogP contribution in [0.1, 0.15) is 66.2 Å². The number of nitrogens with one attached hydrogen (secondary N) is 1. The van der Waals surface area contributed by atoms with E-state index < -0.39 is 0 Å². The van der Waals surface area contributed by atoms with Crippen molar-refractivity contribution in [3.05, 3.63) is 0 Å². The molecule has 148 valence electrons. The molecule has 3 nitrogen and oxygen atoms in total. The molecule has 3 aliphatic rings. The lowest BCUT2D eigenvalue weighted by molar-refractivity contribution is 0.0988. The van der Waals surface area contributed by atoms with Gasteiger partial charge < -0.3 is 15.1 Å². The van der Waals surface area contributed by atoms with E-state index in [2.05, 4.69) is 29.0 Å². The summed E-state index contributed by atoms with van der Waals surface area (Å²) in [6, 6.07) is 0. The second kappa shape index (κ2) is 11.6. The molecule has 0 aromatic carbocycles. The van der Waals surface area contributed by atoms with Crippen LogP contribution >= 0.6 is 0 Å². The SMILES string of the molecule is CC.CC(C)C1CCN(CC2CCN(CC3CCNCC3)CC2)CC1. The van der Waals surface area contributed by atoms with E-state index in [4.69, 9.17) is 0 Å². The molecule has 0 spiro atoms. The zero-order valence-electron chi connectivity index (χ0n) is 17.6. The number of likely N-dealkylation sites (tertiary alicyclic amines) is 2. The van der Waals surface area contributed by atoms with Gasteiger partial charge in [-0.2, -0.15) is 0 Å². The summed E-state index contributed by atoms with van der Waals surface area (Å²) in [7, 11) is 0. The molecule has 0 amide bonds. The minimum absolute atomic E-state index is 0.885. The first kappa shape index (κ1) is 21.2. The molecular weight excluding hydrogens is 306 g/mol. The average molecular weight is 352 g/mol. The van der Waals surface area contributed by atoms with E-state index in [1.165, 1.54) is 90.9 Å². The maximum absolute atomic E-state index is 3.49. The van der Waals surface area contributed by atoms with Crippen LogP contribution in [0.5, 0.6) is 0 Å². The molecule has 3 heteroatoms. The molecule has 1 N–H and O–H groups in total. The number of hydrogen-bond acceptors (Lipinski definition) is 3. The van der Waals surface area contributed by atoms with Crippen molar-refractivity contribution in [2.45, 2.75) is 66.2 Å². The molecule has 0 bridgehead atoms. The van der Waals surface area contributed by atoms with E-state index in [1.807, 2.05) is 13.8 Å². The van der Waals surface area contributed by atoms with Gasteiger partial charge in [-0.3, -0.25) is 0 Å². The fourth-order valence-electron chi connectivity index (χ4n) is 4.95. The third kappa shape index (κ3) is 7.19. The van der Waals surface area contributed by atoms with Crippen molar-refractivity contribution in [1.29, 1.82) is 0 Å². The van der Waals surface area contributed by atoms with E-state index in [9.17, 15) is 0 Å². The summed E-state index contributed by atoms with van der Waals surface area (Å²) in [6.45, 7) is 19.5. The lowest BCUT2D eigenvalue weighted by Crippen LogP contribution is -2.44. The van der Waals surface area contributed by atoms with Gasteiger partial charge in [0.1, 0.15) is 0 Å². The van der Waals surface area contributed by atoms with Crippen LogP contribution in [0.4, 0.5) is 0 Å². The summed E-state index contributed by atoms with van der Waals surface area (Å²) in [6.07, 6.45) is 8.54. The molecular formula is C22H45N3. The van der Waals surface area contributed by atoms with Gasteiger partial charge >= 0.3 is 0 Å². The third-order valence-electron chi connectivity index (χ3n) is 6.77. The number of rotatable bonds is 5. The molecule has 3 fully saturated rings. The van der Waals surface area contributed by atoms with Gasteiger partial charge in [-0.25, -0.2) is 0 Å². The van der Waals surface area contributed by atoms with Gasteiger partial charge in [0, 0.05) is 13.1 Å². The molecule has 0 aliphatic carbocycles. The van der Waals surface area contributed by atoms with Crippen LogP contribution in [-0.2, 0) is 0 Å². The smallest absolute Gasteiger partial charge is 0.00106 e. The predicted octanol–water partition coefficient (Wildman–Crippen LogP) is 4.09. The molecule has 25 heavy (non-hydrogen) atoms. The van der Waals surface area contributed by atoms with Gasteiger partial charge in [-0.05, 0) is 101 Å². The molecule has 0 radical (unpaired) electrons. The summed E-state index contributed by atoms with van der Waals surface area (Å²) in [5.41, 5.74) is 0.